The average molecular weight is 286 g/mol. The first-order valence-electron chi connectivity index (χ1n) is 6.21. The van der Waals surface area contributed by atoms with Crippen LogP contribution in [0.5, 0.6) is 0 Å². The van der Waals surface area contributed by atoms with Crippen molar-refractivity contribution >= 4 is 17.5 Å². The molecule has 21 heavy (non-hydrogen) atoms. The van der Waals surface area contributed by atoms with Crippen LogP contribution in [0.4, 0.5) is 5.69 Å². The first-order valence-corrected chi connectivity index (χ1v) is 6.21. The molecular weight excluding hydrogens is 272 g/mol. The molecule has 0 fully saturated rings. The van der Waals surface area contributed by atoms with E-state index in [2.05, 4.69) is 10.4 Å². The molecule has 0 radical (unpaired) electrons. The summed E-state index contributed by atoms with van der Waals surface area (Å²) in [7, 11) is 0. The molecule has 0 atom stereocenters. The number of aryl methyl sites for hydroxylation is 1. The highest BCUT2D eigenvalue weighted by Gasteiger charge is 2.11. The van der Waals surface area contributed by atoms with Crippen LogP contribution in [0.2, 0.25) is 0 Å². The number of primary amides is 1. The summed E-state index contributed by atoms with van der Waals surface area (Å²) in [5.41, 5.74) is 5.98. The zero-order valence-electron chi connectivity index (χ0n) is 11.4. The van der Waals surface area contributed by atoms with Gasteiger partial charge in [-0.1, -0.05) is 12.1 Å². The smallest absolute Gasteiger partial charge is 0.267 e. The lowest BCUT2D eigenvalue weighted by molar-refractivity contribution is -0.117. The lowest BCUT2D eigenvalue weighted by Crippen LogP contribution is -2.30. The molecule has 1 aromatic carbocycles. The van der Waals surface area contributed by atoms with Crippen molar-refractivity contribution in [3.05, 3.63) is 58.0 Å². The molecule has 7 heteroatoms. The van der Waals surface area contributed by atoms with Gasteiger partial charge in [0.05, 0.1) is 16.9 Å². The number of hydrogen-bond acceptors (Lipinski definition) is 4. The number of aromatic nitrogens is 2. The number of rotatable bonds is 4. The second kappa shape index (κ2) is 6.00. The van der Waals surface area contributed by atoms with Crippen molar-refractivity contribution in [2.75, 3.05) is 5.32 Å². The van der Waals surface area contributed by atoms with Crippen molar-refractivity contribution in [2.24, 2.45) is 5.73 Å². The molecule has 2 amide bonds. The summed E-state index contributed by atoms with van der Waals surface area (Å²) in [4.78, 5) is 34.8. The Morgan fingerprint density at radius 3 is 2.67 bits per heavy atom. The van der Waals surface area contributed by atoms with Gasteiger partial charge in [0.1, 0.15) is 6.54 Å². The molecule has 0 bridgehead atoms. The van der Waals surface area contributed by atoms with Gasteiger partial charge < -0.3 is 11.1 Å². The molecule has 3 N–H and O–H groups in total. The third kappa shape index (κ3) is 3.53. The minimum absolute atomic E-state index is 0.204. The Morgan fingerprint density at radius 1 is 1.24 bits per heavy atom. The van der Waals surface area contributed by atoms with Crippen LogP contribution in [-0.4, -0.2) is 21.6 Å². The highest BCUT2D eigenvalue weighted by atomic mass is 16.2. The fraction of sp³-hybridized carbons (Fsp3) is 0.143. The quantitative estimate of drug-likeness (QED) is 0.842. The number of nitrogens with one attached hydrogen (secondary N) is 1. The number of para-hydroxylation sites is 1. The van der Waals surface area contributed by atoms with E-state index in [1.54, 1.807) is 31.2 Å². The molecule has 1 aromatic heterocycles. The third-order valence-electron chi connectivity index (χ3n) is 2.76. The first-order chi connectivity index (χ1) is 9.97. The van der Waals surface area contributed by atoms with E-state index in [-0.39, 0.29) is 17.7 Å². The van der Waals surface area contributed by atoms with Crippen molar-refractivity contribution in [2.45, 2.75) is 13.5 Å². The van der Waals surface area contributed by atoms with E-state index >= 15 is 0 Å². The lowest BCUT2D eigenvalue weighted by Gasteiger charge is -2.09. The topological polar surface area (TPSA) is 107 Å². The van der Waals surface area contributed by atoms with Crippen molar-refractivity contribution < 1.29 is 9.59 Å². The highest BCUT2D eigenvalue weighted by molar-refractivity contribution is 6.02. The molecule has 7 nitrogen and oxygen atoms in total. The van der Waals surface area contributed by atoms with E-state index < -0.39 is 11.8 Å². The average Bonchev–Trinajstić information content (AvgIpc) is 2.43. The summed E-state index contributed by atoms with van der Waals surface area (Å²) in [5.74, 6) is -1.11. The molecular formula is C14H14N4O3. The van der Waals surface area contributed by atoms with Crippen molar-refractivity contribution in [1.82, 2.24) is 9.78 Å². The largest absolute Gasteiger partial charge is 0.366 e. The Labute approximate surface area is 120 Å². The van der Waals surface area contributed by atoms with Crippen molar-refractivity contribution in [3.63, 3.8) is 0 Å². The van der Waals surface area contributed by atoms with Gasteiger partial charge in [0.2, 0.25) is 5.91 Å². The molecule has 0 unspecified atom stereocenters. The number of hydrogen-bond donors (Lipinski definition) is 2. The molecule has 2 rings (SSSR count). The summed E-state index contributed by atoms with van der Waals surface area (Å²) >= 11 is 0. The molecule has 0 saturated heterocycles. The van der Waals surface area contributed by atoms with Gasteiger partial charge in [0, 0.05) is 6.07 Å². The third-order valence-corrected chi connectivity index (χ3v) is 2.76. The van der Waals surface area contributed by atoms with Crippen LogP contribution in [0, 0.1) is 6.92 Å². The van der Waals surface area contributed by atoms with Crippen LogP contribution in [0.25, 0.3) is 0 Å². The summed E-state index contributed by atoms with van der Waals surface area (Å²) in [6.07, 6.45) is 0. The number of carbonyl (C=O) groups is 2. The van der Waals surface area contributed by atoms with E-state index in [9.17, 15) is 14.4 Å². The van der Waals surface area contributed by atoms with Crippen LogP contribution < -0.4 is 16.6 Å². The number of nitrogens with two attached hydrogens (primary N) is 1. The lowest BCUT2D eigenvalue weighted by atomic mass is 10.1. The van der Waals surface area contributed by atoms with Gasteiger partial charge in [0.25, 0.3) is 11.5 Å². The number of amides is 2. The molecule has 108 valence electrons. The van der Waals surface area contributed by atoms with Crippen molar-refractivity contribution in [1.29, 1.82) is 0 Å². The maximum Gasteiger partial charge on any atom is 0.267 e. The van der Waals surface area contributed by atoms with Crippen LogP contribution in [0.15, 0.2) is 41.2 Å². The highest BCUT2D eigenvalue weighted by Crippen LogP contribution is 2.13. The van der Waals surface area contributed by atoms with E-state index in [1.807, 2.05) is 0 Å². The predicted octanol–water partition coefficient (Wildman–Crippen LogP) is 0.289. The van der Waals surface area contributed by atoms with E-state index in [0.29, 0.717) is 11.4 Å². The van der Waals surface area contributed by atoms with Gasteiger partial charge in [-0.25, -0.2) is 4.68 Å². The molecule has 0 saturated carbocycles. The monoisotopic (exact) mass is 286 g/mol. The van der Waals surface area contributed by atoms with Crippen LogP contribution in [0.3, 0.4) is 0 Å². The van der Waals surface area contributed by atoms with Crippen LogP contribution in [0.1, 0.15) is 16.1 Å². The van der Waals surface area contributed by atoms with Gasteiger partial charge in [-0.05, 0) is 25.1 Å². The Balaban J connectivity index is 2.18. The van der Waals surface area contributed by atoms with E-state index in [1.165, 1.54) is 12.1 Å². The molecule has 1 heterocycles. The van der Waals surface area contributed by atoms with Gasteiger partial charge in [-0.2, -0.15) is 5.10 Å². The SMILES string of the molecule is Cc1ccc(=O)n(CC(=O)Nc2ccccc2C(N)=O)n1. The normalized spacial score (nSPS) is 10.1. The Morgan fingerprint density at radius 2 is 1.95 bits per heavy atom. The standard InChI is InChI=1S/C14H14N4O3/c1-9-6-7-13(20)18(17-9)8-12(19)16-11-5-3-2-4-10(11)14(15)21/h2-7H,8H2,1H3,(H2,15,21)(H,16,19). The predicted molar refractivity (Wildman–Crippen MR) is 76.8 cm³/mol. The number of anilines is 1. The second-order valence-corrected chi connectivity index (χ2v) is 4.43. The van der Waals surface area contributed by atoms with Gasteiger partial charge in [-0.15, -0.1) is 0 Å². The minimum Gasteiger partial charge on any atom is -0.366 e. The van der Waals surface area contributed by atoms with Crippen molar-refractivity contribution in [3.8, 4) is 0 Å². The molecule has 0 spiro atoms. The Hall–Kier alpha value is -2.96. The molecule has 2 aromatic rings. The summed E-state index contributed by atoms with van der Waals surface area (Å²) in [5, 5.41) is 6.51. The molecule has 0 aliphatic rings. The maximum atomic E-state index is 12.0. The second-order valence-electron chi connectivity index (χ2n) is 4.43. The van der Waals surface area contributed by atoms with E-state index in [4.69, 9.17) is 5.73 Å². The molecule has 0 aliphatic carbocycles. The Kier molecular flexibility index (Phi) is 4.13. The zero-order chi connectivity index (χ0) is 15.4. The number of benzene rings is 1. The number of nitrogens with zero attached hydrogens (tertiary/aromatic N) is 2. The van der Waals surface area contributed by atoms with Crippen LogP contribution in [-0.2, 0) is 11.3 Å². The van der Waals surface area contributed by atoms with Crippen LogP contribution >= 0.6 is 0 Å². The minimum atomic E-state index is -0.642. The zero-order valence-corrected chi connectivity index (χ0v) is 11.4. The number of carbonyl (C=O) groups excluding carboxylic acids is 2. The fourth-order valence-corrected chi connectivity index (χ4v) is 1.80. The first kappa shape index (κ1) is 14.4. The summed E-state index contributed by atoms with van der Waals surface area (Å²) in [6.45, 7) is 1.48. The van der Waals surface area contributed by atoms with Gasteiger partial charge in [-0.3, -0.25) is 14.4 Å². The van der Waals surface area contributed by atoms with Gasteiger partial charge >= 0.3 is 0 Å². The van der Waals surface area contributed by atoms with Gasteiger partial charge in [0.15, 0.2) is 0 Å². The summed E-state index contributed by atoms with van der Waals surface area (Å²) in [6, 6.07) is 9.28. The molecule has 0 aliphatic heterocycles. The Bertz CT molecular complexity index is 752. The van der Waals surface area contributed by atoms with E-state index in [0.717, 1.165) is 4.68 Å². The maximum absolute atomic E-state index is 12.0. The fourth-order valence-electron chi connectivity index (χ4n) is 1.80. The summed E-state index contributed by atoms with van der Waals surface area (Å²) < 4.78 is 1.05.